The first-order valence-corrected chi connectivity index (χ1v) is 23.9. The zero-order chi connectivity index (χ0) is 47.6. The van der Waals surface area contributed by atoms with E-state index in [4.69, 9.17) is 2.74 Å². The monoisotopic (exact) mass is 892 g/mol. The highest BCUT2D eigenvalue weighted by molar-refractivity contribution is 6.39. The van der Waals surface area contributed by atoms with Gasteiger partial charge in [0.15, 0.2) is 0 Å². The molecule has 0 aliphatic heterocycles. The molecule has 0 fully saturated rings. The maximum absolute atomic E-state index is 8.42. The molecule has 0 amide bonds. The van der Waals surface area contributed by atoms with E-state index in [-0.39, 0.29) is 0 Å². The number of anilines is 6. The molecule has 0 saturated heterocycles. The van der Waals surface area contributed by atoms with Crippen molar-refractivity contribution in [1.82, 2.24) is 8.80 Å². The Labute approximate surface area is 406 Å². The highest BCUT2D eigenvalue weighted by Gasteiger charge is 2.33. The van der Waals surface area contributed by atoms with Crippen molar-refractivity contribution in [2.75, 3.05) is 9.80 Å². The van der Waals surface area contributed by atoms with Gasteiger partial charge >= 0.3 is 0 Å². The minimum atomic E-state index is 0.478. The molecule has 15 rings (SSSR count). The predicted molar refractivity (Wildman–Crippen MR) is 296 cm³/mol. The summed E-state index contributed by atoms with van der Waals surface area (Å²) in [5.74, 6) is 0. The first-order valence-electron chi connectivity index (χ1n) is 24.9. The van der Waals surface area contributed by atoms with Crippen molar-refractivity contribution < 1.29 is 2.74 Å². The zero-order valence-corrected chi connectivity index (χ0v) is 37.9. The molecule has 0 spiro atoms. The van der Waals surface area contributed by atoms with E-state index in [1.807, 2.05) is 24.3 Å². The molecule has 4 aromatic heterocycles. The van der Waals surface area contributed by atoms with Gasteiger partial charge in [-0.25, -0.2) is 0 Å². The number of rotatable bonds is 8. The maximum atomic E-state index is 8.42. The lowest BCUT2D eigenvalue weighted by atomic mass is 9.89. The van der Waals surface area contributed by atoms with E-state index in [9.17, 15) is 0 Å². The number of hydrogen-bond donors (Lipinski definition) is 0. The highest BCUT2D eigenvalue weighted by atomic mass is 15.2. The third kappa shape index (κ3) is 5.36. The summed E-state index contributed by atoms with van der Waals surface area (Å²) in [6.45, 7) is 0. The van der Waals surface area contributed by atoms with Crippen LogP contribution in [0.15, 0.2) is 255 Å². The fourth-order valence-electron chi connectivity index (χ4n) is 11.9. The van der Waals surface area contributed by atoms with Crippen LogP contribution in [0.1, 0.15) is 2.74 Å². The summed E-state index contributed by atoms with van der Waals surface area (Å²) in [4.78, 5) is 4.70. The molecule has 0 radical (unpaired) electrons. The largest absolute Gasteiger partial charge is 0.310 e. The fraction of sp³-hybridized carbons (Fsp3) is 0. The number of nitrogens with zero attached hydrogens (tertiary/aromatic N) is 4. The standard InChI is InChI=1S/C66H42N4/c1-7-23-43(24-8-1)57-61-51-39-41-55(67(45-27-11-3-12-28-45)46-29-13-4-14-30-46)59-50-36-20-22-38-54(50)70(63(51)59)66(61)58(44-25-9-2-10-26-44)62-52-40-42-56(60-49-35-19-21-37-53(49)69(64(52)60)65(57)62)68(47-31-15-5-16-32-47)48-33-17-6-18-34-48/h1-42H/i3D,5D. The smallest absolute Gasteiger partial charge is 0.0642 e. The van der Waals surface area contributed by atoms with E-state index in [0.717, 1.165) is 56.3 Å². The second-order valence-electron chi connectivity index (χ2n) is 18.2. The molecule has 11 aromatic carbocycles. The van der Waals surface area contributed by atoms with Crippen LogP contribution >= 0.6 is 0 Å². The quantitative estimate of drug-likeness (QED) is 0.151. The average molecular weight is 893 g/mol. The normalized spacial score (nSPS) is 12.4. The van der Waals surface area contributed by atoms with E-state index in [2.05, 4.69) is 237 Å². The van der Waals surface area contributed by atoms with Gasteiger partial charge in [-0.3, -0.25) is 0 Å². The second kappa shape index (κ2) is 15.1. The van der Waals surface area contributed by atoms with Gasteiger partial charge in [0.1, 0.15) is 0 Å². The van der Waals surface area contributed by atoms with Crippen molar-refractivity contribution >= 4 is 110 Å². The van der Waals surface area contributed by atoms with E-state index in [1.54, 1.807) is 0 Å². The molecule has 326 valence electrons. The third-order valence-corrected chi connectivity index (χ3v) is 14.6. The summed E-state index contributed by atoms with van der Waals surface area (Å²) in [5, 5.41) is 9.50. The molecule has 0 aliphatic carbocycles. The Morgan fingerprint density at radius 2 is 0.600 bits per heavy atom. The summed E-state index contributed by atoms with van der Waals surface area (Å²) in [6, 6.07) is 87.2. The average Bonchev–Trinajstić information content (AvgIpc) is 4.18. The van der Waals surface area contributed by atoms with E-state index in [1.165, 1.54) is 76.3 Å². The lowest BCUT2D eigenvalue weighted by molar-refractivity contribution is 1.30. The molecule has 0 atom stereocenters. The summed E-state index contributed by atoms with van der Waals surface area (Å²) in [5.41, 5.74) is 17.9. The van der Waals surface area contributed by atoms with Gasteiger partial charge in [0.2, 0.25) is 0 Å². The van der Waals surface area contributed by atoms with Crippen LogP contribution in [0.2, 0.25) is 0 Å². The van der Waals surface area contributed by atoms with Gasteiger partial charge < -0.3 is 18.6 Å². The fourth-order valence-corrected chi connectivity index (χ4v) is 11.9. The molecule has 0 bridgehead atoms. The Kier molecular flexibility index (Phi) is 7.90. The van der Waals surface area contributed by atoms with Gasteiger partial charge in [-0.1, -0.05) is 182 Å². The molecular formula is C66H42N4. The molecule has 0 saturated carbocycles. The lowest BCUT2D eigenvalue weighted by Gasteiger charge is -2.26. The number of fused-ring (bicyclic) bond motifs is 12. The van der Waals surface area contributed by atoms with Crippen LogP contribution in [-0.4, -0.2) is 8.80 Å². The molecule has 0 aliphatic rings. The topological polar surface area (TPSA) is 15.3 Å². The summed E-state index contributed by atoms with van der Waals surface area (Å²) in [6.07, 6.45) is 0. The van der Waals surface area contributed by atoms with E-state index in [0.29, 0.717) is 12.1 Å². The molecule has 0 unspecified atom stereocenters. The van der Waals surface area contributed by atoms with Crippen LogP contribution in [0.25, 0.3) is 98.4 Å². The summed E-state index contributed by atoms with van der Waals surface area (Å²) >= 11 is 0. The van der Waals surface area contributed by atoms with E-state index >= 15 is 0 Å². The molecule has 70 heavy (non-hydrogen) atoms. The van der Waals surface area contributed by atoms with Crippen LogP contribution in [0.5, 0.6) is 0 Å². The van der Waals surface area contributed by atoms with Gasteiger partial charge in [0.05, 0.1) is 47.2 Å². The molecule has 4 nitrogen and oxygen atoms in total. The highest BCUT2D eigenvalue weighted by Crippen LogP contribution is 2.57. The van der Waals surface area contributed by atoms with Crippen molar-refractivity contribution in [2.24, 2.45) is 0 Å². The van der Waals surface area contributed by atoms with Crippen LogP contribution < -0.4 is 9.80 Å². The zero-order valence-electron chi connectivity index (χ0n) is 39.9. The van der Waals surface area contributed by atoms with Crippen LogP contribution in [0.3, 0.4) is 0 Å². The Morgan fingerprint density at radius 1 is 0.271 bits per heavy atom. The van der Waals surface area contributed by atoms with Crippen molar-refractivity contribution in [1.29, 1.82) is 0 Å². The first-order chi connectivity index (χ1) is 35.6. The van der Waals surface area contributed by atoms with Gasteiger partial charge in [-0.2, -0.15) is 0 Å². The molecule has 0 N–H and O–H groups in total. The van der Waals surface area contributed by atoms with Crippen LogP contribution in [0.4, 0.5) is 34.1 Å². The Balaban J connectivity index is 1.17. The van der Waals surface area contributed by atoms with Gasteiger partial charge in [0, 0.05) is 77.0 Å². The van der Waals surface area contributed by atoms with Gasteiger partial charge in [-0.05, 0) is 83.9 Å². The van der Waals surface area contributed by atoms with Crippen molar-refractivity contribution in [3.63, 3.8) is 0 Å². The predicted octanol–water partition coefficient (Wildman–Crippen LogP) is 18.3. The molecule has 4 heterocycles. The first kappa shape index (κ1) is 36.7. The summed E-state index contributed by atoms with van der Waals surface area (Å²) in [7, 11) is 0. The minimum Gasteiger partial charge on any atom is -0.310 e. The Hall–Kier alpha value is -9.38. The summed E-state index contributed by atoms with van der Waals surface area (Å²) < 4.78 is 22.0. The Morgan fingerprint density at radius 3 is 0.986 bits per heavy atom. The van der Waals surface area contributed by atoms with Gasteiger partial charge in [0.25, 0.3) is 0 Å². The van der Waals surface area contributed by atoms with E-state index < -0.39 is 0 Å². The molecule has 4 heteroatoms. The second-order valence-corrected chi connectivity index (χ2v) is 18.2. The molecule has 15 aromatic rings. The maximum Gasteiger partial charge on any atom is 0.0642 e. The van der Waals surface area contributed by atoms with Gasteiger partial charge in [-0.15, -0.1) is 0 Å². The van der Waals surface area contributed by atoms with Crippen LogP contribution in [0, 0.1) is 0 Å². The number of hydrogen-bond acceptors (Lipinski definition) is 2. The Bertz CT molecular complexity index is 4250. The SMILES string of the molecule is [2H]c1ccc(N(c2ccccc2)c2ccc3c4c(-c5ccccc5)c5c(c(-c6ccccc6)c4n4c6ccccc6c2c34)c2ccc(N(c3ccccc3)c3ccc([2H])cc3)c3c4ccccc4n5c23)cc1. The van der Waals surface area contributed by atoms with Crippen molar-refractivity contribution in [2.45, 2.75) is 0 Å². The number of para-hydroxylation sites is 6. The molecular weight excluding hydrogens is 849 g/mol. The number of benzene rings is 11. The van der Waals surface area contributed by atoms with Crippen molar-refractivity contribution in [3.8, 4) is 22.3 Å². The minimum absolute atomic E-state index is 0.478. The number of aromatic nitrogens is 2. The van der Waals surface area contributed by atoms with Crippen molar-refractivity contribution in [3.05, 3.63) is 255 Å². The third-order valence-electron chi connectivity index (χ3n) is 14.6. The lowest BCUT2D eigenvalue weighted by Crippen LogP contribution is -2.10. The van der Waals surface area contributed by atoms with Crippen LogP contribution in [-0.2, 0) is 0 Å².